The number of benzene rings is 1. The molecule has 1 unspecified atom stereocenters. The van der Waals surface area contributed by atoms with E-state index in [2.05, 4.69) is 0 Å². The van der Waals surface area contributed by atoms with Crippen molar-refractivity contribution >= 4 is 0 Å². The first-order valence-corrected chi connectivity index (χ1v) is 4.61. The molecule has 0 aliphatic rings. The number of rotatable bonds is 2. The van der Waals surface area contributed by atoms with Crippen molar-refractivity contribution in [1.82, 2.24) is 0 Å². The van der Waals surface area contributed by atoms with E-state index >= 15 is 0 Å². The summed E-state index contributed by atoms with van der Waals surface area (Å²) in [5.74, 6) is 0. The highest BCUT2D eigenvalue weighted by Gasteiger charge is 2.37. The summed E-state index contributed by atoms with van der Waals surface area (Å²) >= 11 is 0. The molecule has 1 rings (SSSR count). The van der Waals surface area contributed by atoms with E-state index in [1.165, 1.54) is 0 Å². The Hall–Kier alpha value is -1.03. The zero-order chi connectivity index (χ0) is 11.6. The van der Waals surface area contributed by atoms with Crippen molar-refractivity contribution in [2.75, 3.05) is 0 Å². The summed E-state index contributed by atoms with van der Waals surface area (Å²) in [6.07, 6.45) is -7.21. The molecule has 0 amide bonds. The smallest absolute Gasteiger partial charge is 0.383 e. The van der Waals surface area contributed by atoms with E-state index in [1.807, 2.05) is 19.9 Å². The summed E-state index contributed by atoms with van der Waals surface area (Å²) in [5, 5.41) is 8.90. The molecule has 0 fully saturated rings. The molecule has 84 valence electrons. The van der Waals surface area contributed by atoms with Gasteiger partial charge < -0.3 is 5.11 Å². The minimum absolute atomic E-state index is 0.383. The van der Waals surface area contributed by atoms with Crippen molar-refractivity contribution < 1.29 is 18.3 Å². The van der Waals surface area contributed by atoms with Crippen molar-refractivity contribution in [3.05, 3.63) is 34.9 Å². The highest BCUT2D eigenvalue weighted by molar-refractivity contribution is 5.29. The van der Waals surface area contributed by atoms with Crippen LogP contribution in [0, 0.1) is 13.8 Å². The lowest BCUT2D eigenvalue weighted by Crippen LogP contribution is -2.30. The molecular formula is C11H13F3O. The van der Waals surface area contributed by atoms with Gasteiger partial charge in [0, 0.05) is 6.42 Å². The average Bonchev–Trinajstić information content (AvgIpc) is 1.99. The molecule has 1 aromatic carbocycles. The number of halogens is 3. The molecule has 0 saturated carbocycles. The number of aliphatic hydroxyl groups is 1. The highest BCUT2D eigenvalue weighted by Crippen LogP contribution is 2.23. The fraction of sp³-hybridized carbons (Fsp3) is 0.455. The lowest BCUT2D eigenvalue weighted by molar-refractivity contribution is -0.203. The molecule has 0 bridgehead atoms. The van der Waals surface area contributed by atoms with E-state index in [0.29, 0.717) is 5.56 Å². The molecule has 15 heavy (non-hydrogen) atoms. The number of aryl methyl sites for hydroxylation is 2. The summed E-state index contributed by atoms with van der Waals surface area (Å²) in [7, 11) is 0. The molecule has 0 saturated heterocycles. The Bertz CT molecular complexity index is 324. The van der Waals surface area contributed by atoms with E-state index in [4.69, 9.17) is 5.11 Å². The van der Waals surface area contributed by atoms with Gasteiger partial charge in [-0.1, -0.05) is 29.3 Å². The number of hydrogen-bond acceptors (Lipinski definition) is 1. The predicted octanol–water partition coefficient (Wildman–Crippen LogP) is 2.77. The molecule has 0 spiro atoms. The first kappa shape index (κ1) is 12.0. The molecular weight excluding hydrogens is 205 g/mol. The second-order valence-electron chi connectivity index (χ2n) is 3.76. The molecule has 0 heterocycles. The van der Waals surface area contributed by atoms with Crippen molar-refractivity contribution in [1.29, 1.82) is 0 Å². The van der Waals surface area contributed by atoms with Gasteiger partial charge in [0.1, 0.15) is 0 Å². The van der Waals surface area contributed by atoms with Crippen molar-refractivity contribution in [2.45, 2.75) is 32.5 Å². The van der Waals surface area contributed by atoms with E-state index in [9.17, 15) is 13.2 Å². The van der Waals surface area contributed by atoms with Gasteiger partial charge in [0.25, 0.3) is 0 Å². The first-order valence-electron chi connectivity index (χ1n) is 4.61. The second kappa shape index (κ2) is 4.23. The van der Waals surface area contributed by atoms with Crippen LogP contribution in [0.25, 0.3) is 0 Å². The fourth-order valence-corrected chi connectivity index (χ4v) is 1.53. The molecule has 1 atom stereocenters. The Kier molecular flexibility index (Phi) is 3.39. The number of hydrogen-bond donors (Lipinski definition) is 1. The summed E-state index contributed by atoms with van der Waals surface area (Å²) in [4.78, 5) is 0. The van der Waals surface area contributed by atoms with Crippen LogP contribution >= 0.6 is 0 Å². The van der Waals surface area contributed by atoms with Gasteiger partial charge in [0.05, 0.1) is 0 Å². The standard InChI is InChI=1S/C11H13F3O/c1-7-3-8(2)5-9(4-7)6-10(15)11(12,13)14/h3-5,10,15H,6H2,1-2H3. The minimum Gasteiger partial charge on any atom is -0.383 e. The number of alkyl halides is 3. The highest BCUT2D eigenvalue weighted by atomic mass is 19.4. The first-order chi connectivity index (χ1) is 6.79. The van der Waals surface area contributed by atoms with Crippen molar-refractivity contribution in [2.24, 2.45) is 0 Å². The third-order valence-corrected chi connectivity index (χ3v) is 2.09. The van der Waals surface area contributed by atoms with Gasteiger partial charge >= 0.3 is 6.18 Å². The third-order valence-electron chi connectivity index (χ3n) is 2.09. The normalized spacial score (nSPS) is 14.0. The Balaban J connectivity index is 2.81. The van der Waals surface area contributed by atoms with Crippen LogP contribution < -0.4 is 0 Å². The third kappa shape index (κ3) is 3.55. The van der Waals surface area contributed by atoms with Crippen molar-refractivity contribution in [3.63, 3.8) is 0 Å². The van der Waals surface area contributed by atoms with E-state index in [-0.39, 0.29) is 6.42 Å². The molecule has 1 N–H and O–H groups in total. The largest absolute Gasteiger partial charge is 0.414 e. The Morgan fingerprint density at radius 2 is 1.60 bits per heavy atom. The Morgan fingerprint density at radius 1 is 1.13 bits per heavy atom. The lowest BCUT2D eigenvalue weighted by atomic mass is 10.0. The van der Waals surface area contributed by atoms with Gasteiger partial charge in [-0.15, -0.1) is 0 Å². The Labute approximate surface area is 86.5 Å². The SMILES string of the molecule is Cc1cc(C)cc(CC(O)C(F)(F)F)c1. The van der Waals surface area contributed by atoms with Gasteiger partial charge in [-0.05, 0) is 19.4 Å². The quantitative estimate of drug-likeness (QED) is 0.809. The summed E-state index contributed by atoms with van der Waals surface area (Å²) in [6, 6.07) is 5.19. The van der Waals surface area contributed by atoms with E-state index in [1.54, 1.807) is 12.1 Å². The van der Waals surface area contributed by atoms with Crippen LogP contribution in [0.3, 0.4) is 0 Å². The molecule has 1 nitrogen and oxygen atoms in total. The van der Waals surface area contributed by atoms with Crippen LogP contribution in [0.4, 0.5) is 13.2 Å². The molecule has 0 aliphatic carbocycles. The van der Waals surface area contributed by atoms with Gasteiger partial charge in [0.2, 0.25) is 0 Å². The summed E-state index contributed by atoms with van der Waals surface area (Å²) < 4.78 is 36.3. The summed E-state index contributed by atoms with van der Waals surface area (Å²) in [6.45, 7) is 3.63. The van der Waals surface area contributed by atoms with Gasteiger partial charge in [-0.2, -0.15) is 13.2 Å². The van der Waals surface area contributed by atoms with Gasteiger partial charge in [0.15, 0.2) is 6.10 Å². The number of aliphatic hydroxyl groups excluding tert-OH is 1. The average molecular weight is 218 g/mol. The van der Waals surface area contributed by atoms with Crippen LogP contribution in [0.1, 0.15) is 16.7 Å². The zero-order valence-electron chi connectivity index (χ0n) is 8.60. The maximum absolute atomic E-state index is 12.1. The monoisotopic (exact) mass is 218 g/mol. The lowest BCUT2D eigenvalue weighted by Gasteiger charge is -2.15. The zero-order valence-corrected chi connectivity index (χ0v) is 8.60. The maximum atomic E-state index is 12.1. The molecule has 4 heteroatoms. The van der Waals surface area contributed by atoms with Gasteiger partial charge in [-0.3, -0.25) is 0 Å². The van der Waals surface area contributed by atoms with Crippen LogP contribution in [0.2, 0.25) is 0 Å². The predicted molar refractivity (Wildman–Crippen MR) is 51.7 cm³/mol. The second-order valence-corrected chi connectivity index (χ2v) is 3.76. The van der Waals surface area contributed by atoms with Crippen LogP contribution in [-0.2, 0) is 6.42 Å². The maximum Gasteiger partial charge on any atom is 0.414 e. The topological polar surface area (TPSA) is 20.2 Å². The molecule has 1 aromatic rings. The van der Waals surface area contributed by atoms with E-state index in [0.717, 1.165) is 11.1 Å². The van der Waals surface area contributed by atoms with Crippen molar-refractivity contribution in [3.8, 4) is 0 Å². The molecule has 0 aromatic heterocycles. The minimum atomic E-state index is -4.54. The summed E-state index contributed by atoms with van der Waals surface area (Å²) in [5.41, 5.74) is 2.32. The molecule has 0 radical (unpaired) electrons. The molecule has 0 aliphatic heterocycles. The van der Waals surface area contributed by atoms with Crippen LogP contribution in [0.5, 0.6) is 0 Å². The Morgan fingerprint density at radius 3 is 2.00 bits per heavy atom. The van der Waals surface area contributed by atoms with Crippen LogP contribution in [-0.4, -0.2) is 17.4 Å². The van der Waals surface area contributed by atoms with E-state index < -0.39 is 12.3 Å². The van der Waals surface area contributed by atoms with Gasteiger partial charge in [-0.25, -0.2) is 0 Å². The fourth-order valence-electron chi connectivity index (χ4n) is 1.53. The van der Waals surface area contributed by atoms with Crippen LogP contribution in [0.15, 0.2) is 18.2 Å².